The minimum Gasteiger partial charge on any atom is -0.778 e. The Hall–Kier alpha value is -0.980. The van der Waals surface area contributed by atoms with E-state index >= 15 is 0 Å². The molecule has 1 aliphatic heterocycles. The van der Waals surface area contributed by atoms with Crippen LogP contribution >= 0.6 is 0 Å². The lowest BCUT2D eigenvalue weighted by atomic mass is 10.0. The van der Waals surface area contributed by atoms with Crippen LogP contribution in [0.15, 0.2) is 12.2 Å². The summed E-state index contributed by atoms with van der Waals surface area (Å²) in [5.41, 5.74) is 0.438. The van der Waals surface area contributed by atoms with Crippen LogP contribution < -0.4 is 4.90 Å². The summed E-state index contributed by atoms with van der Waals surface area (Å²) in [6, 6.07) is 0.387. The average Bonchev–Trinajstić information content (AvgIpc) is 2.79. The molecule has 0 radical (unpaired) electrons. The highest BCUT2D eigenvalue weighted by molar-refractivity contribution is 7.94. The number of piperazine rings is 1. The van der Waals surface area contributed by atoms with Gasteiger partial charge in [-0.05, 0) is 19.8 Å². The van der Waals surface area contributed by atoms with E-state index in [1.807, 2.05) is 0 Å². The number of ether oxygens (including phenoxy) is 1. The van der Waals surface area contributed by atoms with Gasteiger partial charge in [0.15, 0.2) is 0 Å². The molecule has 9 nitrogen and oxygen atoms in total. The van der Waals surface area contributed by atoms with Gasteiger partial charge in [-0.2, -0.15) is 0 Å². The van der Waals surface area contributed by atoms with Crippen LogP contribution in [0.1, 0.15) is 84.0 Å². The molecule has 0 spiro atoms. The normalized spacial score (nSPS) is 23.6. The van der Waals surface area contributed by atoms with Gasteiger partial charge in [0.05, 0.1) is 36.9 Å². The van der Waals surface area contributed by atoms with E-state index in [0.29, 0.717) is 37.6 Å². The van der Waals surface area contributed by atoms with Gasteiger partial charge in [0.25, 0.3) is 0 Å². The van der Waals surface area contributed by atoms with Gasteiger partial charge in [0.1, 0.15) is 25.7 Å². The molecule has 4 atom stereocenters. The third-order valence-electron chi connectivity index (χ3n) is 7.54. The van der Waals surface area contributed by atoms with E-state index in [1.54, 1.807) is 6.92 Å². The molecule has 0 aliphatic carbocycles. The minimum absolute atomic E-state index is 0.103. The molecule has 0 bridgehead atoms. The lowest BCUT2D eigenvalue weighted by Crippen LogP contribution is -3.19. The molecule has 1 rings (SSSR count). The van der Waals surface area contributed by atoms with Crippen molar-refractivity contribution in [1.82, 2.24) is 0 Å². The fourth-order valence-corrected chi connectivity index (χ4v) is 6.43. The summed E-state index contributed by atoms with van der Waals surface area (Å²) in [6.07, 6.45) is 12.2. The maximum atomic E-state index is 11.4. The second kappa shape index (κ2) is 17.7. The third-order valence-corrected chi connectivity index (χ3v) is 9.23. The van der Waals surface area contributed by atoms with E-state index in [4.69, 9.17) is 4.74 Å². The molecule has 0 aromatic carbocycles. The molecule has 1 heterocycles. The summed E-state index contributed by atoms with van der Waals surface area (Å²) in [7, 11) is -5.22. The van der Waals surface area contributed by atoms with E-state index in [9.17, 15) is 26.5 Å². The van der Waals surface area contributed by atoms with Crippen molar-refractivity contribution in [2.45, 2.75) is 90.0 Å². The van der Waals surface area contributed by atoms with Crippen LogP contribution in [-0.4, -0.2) is 102 Å². The summed E-state index contributed by atoms with van der Waals surface area (Å²) < 4.78 is 62.0. The van der Waals surface area contributed by atoms with Gasteiger partial charge in [-0.25, -0.2) is 13.2 Å². The van der Waals surface area contributed by atoms with Crippen LogP contribution in [0.25, 0.3) is 0 Å². The molecular weight excluding hydrogens is 528 g/mol. The first-order chi connectivity index (χ1) is 17.7. The van der Waals surface area contributed by atoms with E-state index in [2.05, 4.69) is 19.5 Å². The van der Waals surface area contributed by atoms with Crippen LogP contribution in [0.5, 0.6) is 0 Å². The summed E-state index contributed by atoms with van der Waals surface area (Å²) >= 11 is 0. The monoisotopic (exact) mass is 580 g/mol. The number of rotatable bonds is 21. The Morgan fingerprint density at radius 1 is 0.947 bits per heavy atom. The molecule has 0 saturated carbocycles. The van der Waals surface area contributed by atoms with Crippen molar-refractivity contribution in [3.8, 4) is 0 Å². The highest BCUT2D eigenvalue weighted by Gasteiger charge is 2.38. The van der Waals surface area contributed by atoms with Crippen molar-refractivity contribution < 1.29 is 40.6 Å². The van der Waals surface area contributed by atoms with Crippen molar-refractivity contribution in [2.24, 2.45) is 0 Å². The highest BCUT2D eigenvalue weighted by Crippen LogP contribution is 2.15. The van der Waals surface area contributed by atoms with Crippen molar-refractivity contribution in [1.29, 1.82) is 0 Å². The number of nitrogens with one attached hydrogen (secondary N) is 1. The number of unbranched alkanes of at least 4 members (excludes halogenated alkanes) is 8. The topological polar surface area (TPSA) is 128 Å². The Kier molecular flexibility index (Phi) is 16.3. The maximum absolute atomic E-state index is 11.4. The molecule has 224 valence electrons. The third kappa shape index (κ3) is 17.6. The van der Waals surface area contributed by atoms with Crippen LogP contribution in [0.4, 0.5) is 0 Å². The number of nitrogens with zero attached hydrogens (tertiary/aromatic N) is 1. The van der Waals surface area contributed by atoms with Gasteiger partial charge in [-0.1, -0.05) is 67.2 Å². The molecule has 1 fully saturated rings. The van der Waals surface area contributed by atoms with Crippen LogP contribution in [0.3, 0.4) is 0 Å². The Balaban J connectivity index is 2.33. The fraction of sp³-hybridized carbons (Fsp3) is 0.852. The number of esters is 1. The molecule has 1 aliphatic rings. The van der Waals surface area contributed by atoms with Crippen molar-refractivity contribution in [2.75, 3.05) is 57.9 Å². The predicted molar refractivity (Wildman–Crippen MR) is 152 cm³/mol. The van der Waals surface area contributed by atoms with Gasteiger partial charge < -0.3 is 23.2 Å². The zero-order valence-electron chi connectivity index (χ0n) is 23.8. The number of quaternary nitrogens is 2. The highest BCUT2D eigenvalue weighted by atomic mass is 32.2. The Morgan fingerprint density at radius 2 is 1.53 bits per heavy atom. The number of carbonyl (C=O) groups is 1. The van der Waals surface area contributed by atoms with Crippen LogP contribution in [0.2, 0.25) is 0 Å². The van der Waals surface area contributed by atoms with Crippen molar-refractivity contribution >= 4 is 31.8 Å². The van der Waals surface area contributed by atoms with Gasteiger partial charge in [-0.3, -0.25) is 4.21 Å². The summed E-state index contributed by atoms with van der Waals surface area (Å²) in [5.74, 6) is 2.71. The molecular formula is C27H52N2O7S2. The smallest absolute Gasteiger partial charge is 0.333 e. The van der Waals surface area contributed by atoms with Crippen LogP contribution in [0, 0.1) is 0 Å². The van der Waals surface area contributed by atoms with Gasteiger partial charge in [-0.15, -0.1) is 0 Å². The SMILES string of the molecule is C=C(C)C(=O)OCCCCCCCCCCCC1C[N+](C)(CCCS(=C)(=O)[O-])CC[NH+]1CCCS(=O)(=O)[O-]. The number of likely N-dealkylation sites (N-methyl/N-ethyl adjacent to an activating group) is 1. The van der Waals surface area contributed by atoms with Crippen LogP contribution in [-0.2, 0) is 29.5 Å². The van der Waals surface area contributed by atoms with Gasteiger partial charge in [0, 0.05) is 36.3 Å². The quantitative estimate of drug-likeness (QED) is 0.0548. The first kappa shape index (κ1) is 35.0. The zero-order chi connectivity index (χ0) is 28.7. The van der Waals surface area contributed by atoms with Crippen molar-refractivity contribution in [3.05, 3.63) is 12.2 Å². The van der Waals surface area contributed by atoms with E-state index in [-0.39, 0.29) is 17.5 Å². The molecule has 0 aromatic rings. The maximum Gasteiger partial charge on any atom is 0.333 e. The summed E-state index contributed by atoms with van der Waals surface area (Å²) in [4.78, 5) is 12.7. The Bertz CT molecular complexity index is 922. The second-order valence-electron chi connectivity index (χ2n) is 11.4. The lowest BCUT2D eigenvalue weighted by Gasteiger charge is -2.45. The van der Waals surface area contributed by atoms with Gasteiger partial charge in [0.2, 0.25) is 0 Å². The molecule has 4 unspecified atom stereocenters. The molecule has 38 heavy (non-hydrogen) atoms. The summed E-state index contributed by atoms with van der Waals surface area (Å²) in [6.45, 7) is 9.94. The van der Waals surface area contributed by atoms with Gasteiger partial charge >= 0.3 is 5.97 Å². The lowest BCUT2D eigenvalue weighted by molar-refractivity contribution is -1.03. The average molecular weight is 581 g/mol. The molecule has 1 saturated heterocycles. The predicted octanol–water partition coefficient (Wildman–Crippen LogP) is 1.89. The Labute approximate surface area is 232 Å². The van der Waals surface area contributed by atoms with E-state index < -0.39 is 19.9 Å². The minimum atomic E-state index is -4.19. The molecule has 0 aromatic heterocycles. The van der Waals surface area contributed by atoms with Crippen molar-refractivity contribution in [3.63, 3.8) is 0 Å². The van der Waals surface area contributed by atoms with E-state index in [0.717, 1.165) is 62.8 Å². The first-order valence-corrected chi connectivity index (χ1v) is 17.6. The number of hydrogen-bond donors (Lipinski definition) is 1. The molecule has 1 N–H and O–H groups in total. The number of carbonyl (C=O) groups excluding carboxylic acids is 1. The number of hydrogen-bond acceptors (Lipinski definition) is 7. The summed E-state index contributed by atoms with van der Waals surface area (Å²) in [5, 5.41) is 0. The first-order valence-electron chi connectivity index (χ1n) is 14.2. The van der Waals surface area contributed by atoms with E-state index in [1.165, 1.54) is 37.0 Å². The Morgan fingerprint density at radius 3 is 2.08 bits per heavy atom. The zero-order valence-corrected chi connectivity index (χ0v) is 25.4. The second-order valence-corrected chi connectivity index (χ2v) is 14.8. The molecule has 11 heteroatoms. The molecule has 0 amide bonds. The largest absolute Gasteiger partial charge is 0.778 e. The standard InChI is InChI=1S/C27H52N2O7S2/c1-25(2)27(30)36-21-13-11-9-7-5-6-8-10-12-16-26-24-29(3,19-15-22-37(4,31)32)20-18-28(26)17-14-23-38(33,34)35/h26H,1,4-24H2,2-3H3,(H-,31,32,33,34,35). The fourth-order valence-electron chi connectivity index (χ4n) is 5.36.